The van der Waals surface area contributed by atoms with Gasteiger partial charge in [0.05, 0.1) is 11.4 Å². The smallest absolute Gasteiger partial charge is 0.324 e. The fraction of sp³-hybridized carbons (Fsp3) is 0.500. The van der Waals surface area contributed by atoms with Crippen LogP contribution in [0, 0.1) is 0 Å². The summed E-state index contributed by atoms with van der Waals surface area (Å²) in [4.78, 5) is 10.5. The average Bonchev–Trinajstić information content (AvgIpc) is 2.59. The Bertz CT molecular complexity index is 820. The number of thioether (sulfide) groups is 2. The number of alkyl halides is 14. The van der Waals surface area contributed by atoms with E-state index in [0.717, 1.165) is 12.1 Å². The highest BCUT2D eigenvalue weighted by Crippen LogP contribution is 2.55. The molecule has 0 saturated heterocycles. The molecular weight excluding hydrogens is 528 g/mol. The van der Waals surface area contributed by atoms with Crippen molar-refractivity contribution in [3.8, 4) is 0 Å². The van der Waals surface area contributed by atoms with Gasteiger partial charge in [-0.15, -0.1) is 0 Å². The maximum atomic E-state index is 13.5. The maximum Gasteiger partial charge on any atom is 0.460 e. The Kier molecular flexibility index (Phi) is 7.98. The lowest BCUT2D eigenvalue weighted by atomic mass is 10.3. The number of halogens is 14. The molecule has 1 N–H and O–H groups in total. The van der Waals surface area contributed by atoms with E-state index in [1.807, 2.05) is 0 Å². The number of hydrogen-bond acceptors (Lipinski definition) is 3. The van der Waals surface area contributed by atoms with Gasteiger partial charge in [-0.25, -0.2) is 0 Å². The molecule has 0 radical (unpaired) electrons. The minimum absolute atomic E-state index is 0.528. The van der Waals surface area contributed by atoms with Crippen molar-refractivity contribution in [3.05, 3.63) is 24.3 Å². The number of nitrogens with one attached hydrogen (secondary N) is 1. The molecular formula is C14H7F14NOS2. The molecule has 0 fully saturated rings. The fourth-order valence-electron chi connectivity index (χ4n) is 1.62. The number of hydrogen-bond donors (Lipinski definition) is 1. The zero-order valence-electron chi connectivity index (χ0n) is 14.5. The molecule has 1 aromatic rings. The number of para-hydroxylation sites is 1. The molecule has 18 heteroatoms. The Hall–Kier alpha value is -1.59. The van der Waals surface area contributed by atoms with Crippen molar-refractivity contribution in [1.82, 2.24) is 0 Å². The third-order valence-corrected chi connectivity index (χ3v) is 5.34. The third-order valence-electron chi connectivity index (χ3n) is 3.23. The molecule has 32 heavy (non-hydrogen) atoms. The normalized spacial score (nSPS) is 14.4. The Morgan fingerprint density at radius 3 is 1.62 bits per heavy atom. The van der Waals surface area contributed by atoms with Gasteiger partial charge in [-0.3, -0.25) is 4.79 Å². The van der Waals surface area contributed by atoms with Gasteiger partial charge in [0.15, 0.2) is 0 Å². The van der Waals surface area contributed by atoms with E-state index in [1.165, 1.54) is 5.32 Å². The van der Waals surface area contributed by atoms with Crippen LogP contribution >= 0.6 is 23.5 Å². The second kappa shape index (κ2) is 8.98. The van der Waals surface area contributed by atoms with Crippen molar-refractivity contribution in [3.63, 3.8) is 0 Å². The van der Waals surface area contributed by atoms with Crippen LogP contribution in [-0.4, -0.2) is 46.4 Å². The molecule has 1 amide bonds. The largest absolute Gasteiger partial charge is 0.460 e. The molecule has 0 heterocycles. The van der Waals surface area contributed by atoms with E-state index in [-0.39, 0.29) is 0 Å². The fourth-order valence-corrected chi connectivity index (χ4v) is 3.20. The lowest BCUT2D eigenvalue weighted by Crippen LogP contribution is -2.50. The van der Waals surface area contributed by atoms with Crippen LogP contribution in [0.3, 0.4) is 0 Å². The number of carbonyl (C=O) groups excluding carboxylic acids is 1. The number of amides is 1. The van der Waals surface area contributed by atoms with Crippen LogP contribution in [0.15, 0.2) is 29.2 Å². The maximum absolute atomic E-state index is 13.5. The second-order valence-electron chi connectivity index (χ2n) is 5.61. The van der Waals surface area contributed by atoms with Crippen LogP contribution in [0.4, 0.5) is 67.2 Å². The molecule has 2 nitrogen and oxygen atoms in total. The van der Waals surface area contributed by atoms with Crippen LogP contribution < -0.4 is 5.32 Å². The van der Waals surface area contributed by atoms with Gasteiger partial charge in [0.1, 0.15) is 0 Å². The monoisotopic (exact) mass is 535 g/mol. The Balaban J connectivity index is 3.00. The summed E-state index contributed by atoms with van der Waals surface area (Å²) < 4.78 is 178. The molecule has 0 aromatic heterocycles. The van der Waals surface area contributed by atoms with Crippen molar-refractivity contribution in [2.75, 3.05) is 11.1 Å². The molecule has 0 bridgehead atoms. The first-order valence-corrected chi connectivity index (χ1v) is 9.23. The van der Waals surface area contributed by atoms with E-state index in [1.54, 1.807) is 0 Å². The first-order valence-electron chi connectivity index (χ1n) is 7.43. The van der Waals surface area contributed by atoms with Crippen molar-refractivity contribution in [1.29, 1.82) is 0 Å². The summed E-state index contributed by atoms with van der Waals surface area (Å²) in [6, 6.07) is 2.96. The molecule has 1 rings (SSSR count). The van der Waals surface area contributed by atoms with Crippen LogP contribution in [0.1, 0.15) is 0 Å². The molecule has 0 atom stereocenters. The van der Waals surface area contributed by atoms with E-state index in [9.17, 15) is 66.3 Å². The quantitative estimate of drug-likeness (QED) is 0.286. The minimum Gasteiger partial charge on any atom is -0.324 e. The van der Waals surface area contributed by atoms with Crippen LogP contribution in [0.2, 0.25) is 0 Å². The SMILES string of the molecule is O=C(CSC(F)(F)C(F)(F)C(F)(F)F)Nc1ccccc1SC(F)(F)C(F)(F)C(F)(F)F. The first-order chi connectivity index (χ1) is 14.1. The van der Waals surface area contributed by atoms with Crippen molar-refractivity contribution in [2.24, 2.45) is 0 Å². The molecule has 0 unspecified atom stereocenters. The lowest BCUT2D eigenvalue weighted by molar-refractivity contribution is -0.330. The highest BCUT2D eigenvalue weighted by atomic mass is 32.2. The number of carbonyl (C=O) groups is 1. The summed E-state index contributed by atoms with van der Waals surface area (Å²) in [5.41, 5.74) is -0.924. The number of rotatable bonds is 8. The summed E-state index contributed by atoms with van der Waals surface area (Å²) in [6.07, 6.45) is -13.4. The van der Waals surface area contributed by atoms with E-state index >= 15 is 0 Å². The van der Waals surface area contributed by atoms with Crippen LogP contribution in [0.25, 0.3) is 0 Å². The number of benzene rings is 1. The van der Waals surface area contributed by atoms with E-state index in [0.29, 0.717) is 12.1 Å². The van der Waals surface area contributed by atoms with E-state index in [4.69, 9.17) is 0 Å². The summed E-state index contributed by atoms with van der Waals surface area (Å²) in [6.45, 7) is 0. The van der Waals surface area contributed by atoms with Crippen LogP contribution in [0.5, 0.6) is 0 Å². The van der Waals surface area contributed by atoms with Gasteiger partial charge >= 0.3 is 34.7 Å². The zero-order chi connectivity index (χ0) is 25.4. The van der Waals surface area contributed by atoms with E-state index < -0.39 is 80.5 Å². The summed E-state index contributed by atoms with van der Waals surface area (Å²) in [5.74, 6) is -16.7. The van der Waals surface area contributed by atoms with Gasteiger partial charge in [-0.05, 0) is 23.9 Å². The van der Waals surface area contributed by atoms with Gasteiger partial charge in [0, 0.05) is 4.90 Å². The Labute approximate surface area is 177 Å². The Morgan fingerprint density at radius 1 is 0.719 bits per heavy atom. The summed E-state index contributed by atoms with van der Waals surface area (Å²) in [5, 5.41) is -10.2. The van der Waals surface area contributed by atoms with Gasteiger partial charge in [0.25, 0.3) is 0 Å². The zero-order valence-corrected chi connectivity index (χ0v) is 16.2. The van der Waals surface area contributed by atoms with E-state index in [2.05, 4.69) is 0 Å². The van der Waals surface area contributed by atoms with Crippen molar-refractivity contribution in [2.45, 2.75) is 39.6 Å². The molecule has 0 aliphatic heterocycles. The Morgan fingerprint density at radius 2 is 1.16 bits per heavy atom. The first kappa shape index (κ1) is 28.4. The topological polar surface area (TPSA) is 29.1 Å². The van der Waals surface area contributed by atoms with Gasteiger partial charge in [-0.1, -0.05) is 23.9 Å². The molecule has 0 saturated carbocycles. The predicted molar refractivity (Wildman–Crippen MR) is 85.3 cm³/mol. The van der Waals surface area contributed by atoms with Crippen molar-refractivity contribution >= 4 is 35.1 Å². The second-order valence-corrected chi connectivity index (χ2v) is 7.86. The van der Waals surface area contributed by atoms with Gasteiger partial charge in [0.2, 0.25) is 5.91 Å². The molecule has 1 aromatic carbocycles. The number of anilines is 1. The predicted octanol–water partition coefficient (Wildman–Crippen LogP) is 7.03. The van der Waals surface area contributed by atoms with Gasteiger partial charge in [-0.2, -0.15) is 61.5 Å². The highest BCUT2D eigenvalue weighted by Gasteiger charge is 2.74. The minimum atomic E-state index is -6.68. The molecule has 0 aliphatic carbocycles. The summed E-state index contributed by atoms with van der Waals surface area (Å²) >= 11 is -2.83. The van der Waals surface area contributed by atoms with Crippen LogP contribution in [-0.2, 0) is 4.79 Å². The molecule has 0 spiro atoms. The summed E-state index contributed by atoms with van der Waals surface area (Å²) in [7, 11) is 0. The van der Waals surface area contributed by atoms with Gasteiger partial charge < -0.3 is 5.32 Å². The molecule has 184 valence electrons. The third kappa shape index (κ3) is 5.85. The molecule has 0 aliphatic rings. The van der Waals surface area contributed by atoms with Crippen molar-refractivity contribution < 1.29 is 66.3 Å². The standard InChI is InChI=1S/C14H7F14NOS2/c15-9(16,11(19,20)21)13(25,26)31-5-8(30)29-6-3-1-2-4-7(6)32-14(27,28)10(17,18)12(22,23)24/h1-4H,5H2,(H,29,30). The average molecular weight is 535 g/mol. The lowest BCUT2D eigenvalue weighted by Gasteiger charge is -2.28. The highest BCUT2D eigenvalue weighted by molar-refractivity contribution is 8.01.